The maximum Gasteiger partial charge on any atom is 0.225 e. The Balaban J connectivity index is 1.03. The Bertz CT molecular complexity index is 981. The summed E-state index contributed by atoms with van der Waals surface area (Å²) in [5.74, 6) is 5.82. The molecule has 4 saturated carbocycles. The predicted molar refractivity (Wildman–Crippen MR) is 150 cm³/mol. The second kappa shape index (κ2) is 10.4. The van der Waals surface area contributed by atoms with Crippen LogP contribution in [0.3, 0.4) is 0 Å². The third-order valence-electron chi connectivity index (χ3n) is 12.7. The third-order valence-corrected chi connectivity index (χ3v) is 12.7. The van der Waals surface area contributed by atoms with Crippen LogP contribution in [0, 0.1) is 46.3 Å². The van der Waals surface area contributed by atoms with E-state index < -0.39 is 0 Å². The number of hydrogen-bond acceptors (Lipinski definition) is 5. The summed E-state index contributed by atoms with van der Waals surface area (Å²) in [6.45, 7) is 10.8. The van der Waals surface area contributed by atoms with E-state index >= 15 is 0 Å². The molecule has 5 fully saturated rings. The van der Waals surface area contributed by atoms with E-state index in [0.29, 0.717) is 29.1 Å². The van der Waals surface area contributed by atoms with Crippen LogP contribution in [0.5, 0.6) is 0 Å². The van der Waals surface area contributed by atoms with Gasteiger partial charge in [-0.2, -0.15) is 0 Å². The van der Waals surface area contributed by atoms with Crippen LogP contribution >= 0.6 is 0 Å². The van der Waals surface area contributed by atoms with Gasteiger partial charge in [0, 0.05) is 45.0 Å². The Kier molecular flexibility index (Phi) is 7.24. The lowest BCUT2D eigenvalue weighted by Crippen LogP contribution is -2.54. The van der Waals surface area contributed by atoms with Crippen molar-refractivity contribution in [1.82, 2.24) is 14.9 Å². The molecule has 1 aromatic heterocycles. The van der Waals surface area contributed by atoms with Crippen molar-refractivity contribution in [2.24, 2.45) is 46.3 Å². The smallest absolute Gasteiger partial charge is 0.225 e. The minimum atomic E-state index is -0.0559. The first-order chi connectivity index (χ1) is 18.3. The molecule has 1 N–H and O–H groups in total. The second-order valence-corrected chi connectivity index (χ2v) is 14.2. The summed E-state index contributed by atoms with van der Waals surface area (Å²) in [4.78, 5) is 26.2. The molecule has 1 unspecified atom stereocenters. The van der Waals surface area contributed by atoms with Gasteiger partial charge in [-0.25, -0.2) is 9.97 Å². The fourth-order valence-electron chi connectivity index (χ4n) is 10.5. The van der Waals surface area contributed by atoms with Gasteiger partial charge >= 0.3 is 0 Å². The molecule has 4 aliphatic carbocycles. The van der Waals surface area contributed by atoms with Crippen LogP contribution in [-0.4, -0.2) is 58.2 Å². The van der Waals surface area contributed by atoms with E-state index in [2.05, 4.69) is 40.5 Å². The number of carbonyl (C=O) groups is 1. The maximum atomic E-state index is 13.2. The molecule has 0 radical (unpaired) electrons. The molecular formula is C32H50N4O2. The molecule has 1 amide bonds. The van der Waals surface area contributed by atoms with Crippen LogP contribution in [0.25, 0.3) is 0 Å². The number of aliphatic hydroxyl groups is 1. The summed E-state index contributed by atoms with van der Waals surface area (Å²) in [5, 5.41) is 10.3. The highest BCUT2D eigenvalue weighted by Gasteiger charge is 2.60. The van der Waals surface area contributed by atoms with E-state index in [4.69, 9.17) is 0 Å². The first-order valence-electron chi connectivity index (χ1n) is 15.8. The van der Waals surface area contributed by atoms with Crippen molar-refractivity contribution in [3.63, 3.8) is 0 Å². The van der Waals surface area contributed by atoms with Gasteiger partial charge in [0.25, 0.3) is 0 Å². The number of anilines is 1. The number of fused-ring (bicyclic) bond motifs is 5. The van der Waals surface area contributed by atoms with E-state index in [1.807, 2.05) is 6.07 Å². The minimum Gasteiger partial charge on any atom is -0.393 e. The van der Waals surface area contributed by atoms with Crippen LogP contribution in [-0.2, 0) is 4.79 Å². The number of nitrogens with zero attached hydrogens (tertiary/aromatic N) is 4. The van der Waals surface area contributed by atoms with Gasteiger partial charge in [-0.3, -0.25) is 4.79 Å². The Morgan fingerprint density at radius 3 is 2.45 bits per heavy atom. The van der Waals surface area contributed by atoms with Crippen LogP contribution in [0.15, 0.2) is 18.5 Å². The third kappa shape index (κ3) is 4.57. The monoisotopic (exact) mass is 522 g/mol. The second-order valence-electron chi connectivity index (χ2n) is 14.2. The molecule has 210 valence electrons. The highest BCUT2D eigenvalue weighted by Crippen LogP contribution is 2.68. The molecule has 0 aromatic carbocycles. The molecule has 6 nitrogen and oxygen atoms in total. The fourth-order valence-corrected chi connectivity index (χ4v) is 10.5. The molecule has 9 atom stereocenters. The molecule has 6 rings (SSSR count). The molecule has 38 heavy (non-hydrogen) atoms. The average Bonchev–Trinajstić information content (AvgIpc) is 3.30. The fraction of sp³-hybridized carbons (Fsp3) is 0.844. The zero-order valence-electron chi connectivity index (χ0n) is 24.0. The molecule has 1 saturated heterocycles. The molecule has 1 aromatic rings. The van der Waals surface area contributed by atoms with Gasteiger partial charge < -0.3 is 14.9 Å². The number of aromatic nitrogens is 2. The van der Waals surface area contributed by atoms with Crippen molar-refractivity contribution in [1.29, 1.82) is 0 Å². The van der Waals surface area contributed by atoms with Crippen molar-refractivity contribution in [2.45, 2.75) is 97.5 Å². The van der Waals surface area contributed by atoms with E-state index in [1.54, 1.807) is 12.4 Å². The highest BCUT2D eigenvalue weighted by atomic mass is 16.3. The summed E-state index contributed by atoms with van der Waals surface area (Å²) < 4.78 is 0. The van der Waals surface area contributed by atoms with Crippen LogP contribution < -0.4 is 4.90 Å². The molecular weight excluding hydrogens is 472 g/mol. The summed E-state index contributed by atoms with van der Waals surface area (Å²) >= 11 is 0. The zero-order chi connectivity index (χ0) is 26.5. The van der Waals surface area contributed by atoms with Gasteiger partial charge in [0.15, 0.2) is 0 Å². The summed E-state index contributed by atoms with van der Waals surface area (Å²) in [7, 11) is 0. The molecule has 5 aliphatic rings. The predicted octanol–water partition coefficient (Wildman–Crippen LogP) is 5.56. The van der Waals surface area contributed by atoms with E-state index in [9.17, 15) is 9.90 Å². The number of amides is 1. The highest BCUT2D eigenvalue weighted by molar-refractivity contribution is 5.76. The summed E-state index contributed by atoms with van der Waals surface area (Å²) in [6.07, 6.45) is 16.8. The SMILES string of the molecule is CC(CCC(=O)N1CCN(c2ncccn2)CC1)[C@H]1CC[C@H]2[C@@H]3CC[C@H]4C[C@@H](O)CC[C@]4(C)[C@H]3CC[C@]12C. The zero-order valence-corrected chi connectivity index (χ0v) is 24.0. The lowest BCUT2D eigenvalue weighted by molar-refractivity contribution is -0.133. The lowest BCUT2D eigenvalue weighted by Gasteiger charge is -2.61. The van der Waals surface area contributed by atoms with E-state index in [1.165, 1.54) is 44.9 Å². The van der Waals surface area contributed by atoms with Gasteiger partial charge in [0.2, 0.25) is 11.9 Å². The van der Waals surface area contributed by atoms with Crippen molar-refractivity contribution < 1.29 is 9.90 Å². The normalized spacial score (nSPS) is 41.7. The van der Waals surface area contributed by atoms with Gasteiger partial charge in [0.1, 0.15) is 0 Å². The Hall–Kier alpha value is -1.69. The number of rotatable bonds is 5. The lowest BCUT2D eigenvalue weighted by atomic mass is 9.44. The molecule has 6 heteroatoms. The minimum absolute atomic E-state index is 0.0559. The van der Waals surface area contributed by atoms with Gasteiger partial charge in [-0.1, -0.05) is 20.8 Å². The van der Waals surface area contributed by atoms with Crippen molar-refractivity contribution in [2.75, 3.05) is 31.1 Å². The van der Waals surface area contributed by atoms with Crippen molar-refractivity contribution >= 4 is 11.9 Å². The molecule has 0 bridgehead atoms. The van der Waals surface area contributed by atoms with Crippen LogP contribution in [0.1, 0.15) is 91.4 Å². The summed E-state index contributed by atoms with van der Waals surface area (Å²) in [6, 6.07) is 1.84. The molecule has 2 heterocycles. The summed E-state index contributed by atoms with van der Waals surface area (Å²) in [5.41, 5.74) is 0.901. The Morgan fingerprint density at radius 1 is 0.974 bits per heavy atom. The number of hydrogen-bond donors (Lipinski definition) is 1. The van der Waals surface area contributed by atoms with Crippen LogP contribution in [0.2, 0.25) is 0 Å². The van der Waals surface area contributed by atoms with Gasteiger partial charge in [-0.15, -0.1) is 0 Å². The van der Waals surface area contributed by atoms with Crippen molar-refractivity contribution in [3.05, 3.63) is 18.5 Å². The first kappa shape index (κ1) is 26.5. The van der Waals surface area contributed by atoms with Gasteiger partial charge in [-0.05, 0) is 117 Å². The van der Waals surface area contributed by atoms with E-state index in [-0.39, 0.29) is 6.10 Å². The largest absolute Gasteiger partial charge is 0.393 e. The maximum absolute atomic E-state index is 13.2. The first-order valence-corrected chi connectivity index (χ1v) is 15.8. The number of piperazine rings is 1. The number of carbonyl (C=O) groups excluding carboxylic acids is 1. The Labute approximate surface area is 230 Å². The van der Waals surface area contributed by atoms with Gasteiger partial charge in [0.05, 0.1) is 6.10 Å². The topological polar surface area (TPSA) is 69.6 Å². The molecule has 0 spiro atoms. The van der Waals surface area contributed by atoms with Crippen molar-refractivity contribution in [3.8, 4) is 0 Å². The quantitative estimate of drug-likeness (QED) is 0.548. The number of aliphatic hydroxyl groups excluding tert-OH is 1. The Morgan fingerprint density at radius 2 is 1.68 bits per heavy atom. The average molecular weight is 523 g/mol. The molecule has 1 aliphatic heterocycles. The standard InChI is InChI=1S/C32H50N4O2/c1-22(5-10-29(38)35-17-19-36(20-18-35)30-33-15-4-16-34-30)26-8-9-27-25-7-6-23-21-24(37)11-13-31(23,2)28(25)12-14-32(26,27)3/h4,15-16,22-28,37H,5-14,17-21H2,1-3H3/t22?,23-,24-,25-,26+,27-,28-,31-,32+/m0/s1. The van der Waals surface area contributed by atoms with Crippen LogP contribution in [0.4, 0.5) is 5.95 Å². The van der Waals surface area contributed by atoms with E-state index in [0.717, 1.165) is 81.0 Å².